The van der Waals surface area contributed by atoms with Crippen molar-refractivity contribution in [3.05, 3.63) is 53.7 Å². The number of rotatable bonds is 8. The summed E-state index contributed by atoms with van der Waals surface area (Å²) in [4.78, 5) is 18.7. The summed E-state index contributed by atoms with van der Waals surface area (Å²) in [6, 6.07) is 9.60. The van der Waals surface area contributed by atoms with E-state index in [1.165, 1.54) is 31.4 Å². The van der Waals surface area contributed by atoms with Crippen LogP contribution in [0.25, 0.3) is 0 Å². The van der Waals surface area contributed by atoms with E-state index in [9.17, 15) is 13.2 Å². The predicted octanol–water partition coefficient (Wildman–Crippen LogP) is 1.50. The molecule has 2 rings (SSSR count). The molecule has 26 heavy (non-hydrogen) atoms. The number of methoxy groups -OCH3 is 1. The van der Waals surface area contributed by atoms with Crippen LogP contribution in [0.1, 0.15) is 15.9 Å². The first-order chi connectivity index (χ1) is 12.3. The number of nitrogens with one attached hydrogen (secondary N) is 1. The molecule has 0 fully saturated rings. The van der Waals surface area contributed by atoms with Crippen molar-refractivity contribution in [1.29, 1.82) is 0 Å². The van der Waals surface area contributed by atoms with Gasteiger partial charge >= 0.3 is 0 Å². The Morgan fingerprint density at radius 2 is 1.88 bits per heavy atom. The van der Waals surface area contributed by atoms with Gasteiger partial charge in [-0.15, -0.1) is 0 Å². The van der Waals surface area contributed by atoms with Gasteiger partial charge in [0.2, 0.25) is 0 Å². The fraction of sp³-hybridized carbons (Fsp3) is 0.333. The summed E-state index contributed by atoms with van der Waals surface area (Å²) in [6.07, 6.45) is 1.70. The second-order valence-corrected chi connectivity index (χ2v) is 8.01. The molecule has 1 heterocycles. The highest BCUT2D eigenvalue weighted by Crippen LogP contribution is 2.15. The molecule has 1 amide bonds. The molecule has 0 aliphatic rings. The number of nitrogens with zero attached hydrogens (tertiary/aromatic N) is 2. The third-order valence-electron chi connectivity index (χ3n) is 3.76. The average molecular weight is 377 g/mol. The number of carbonyl (C=O) groups excluding carboxylic acids is 1. The minimum Gasteiger partial charge on any atom is -0.384 e. The van der Waals surface area contributed by atoms with Crippen molar-refractivity contribution >= 4 is 21.6 Å². The molecule has 0 bridgehead atoms. The number of amides is 1. The largest absolute Gasteiger partial charge is 0.384 e. The molecule has 0 aliphatic carbocycles. The first kappa shape index (κ1) is 19.9. The smallest absolute Gasteiger partial charge is 0.251 e. The van der Waals surface area contributed by atoms with E-state index in [4.69, 9.17) is 4.74 Å². The van der Waals surface area contributed by atoms with Crippen LogP contribution in [0, 0.1) is 0 Å². The monoisotopic (exact) mass is 377 g/mol. The predicted molar refractivity (Wildman–Crippen MR) is 100 cm³/mol. The Balaban J connectivity index is 2.05. The molecule has 0 aliphatic heterocycles. The molecular weight excluding hydrogens is 354 g/mol. The summed E-state index contributed by atoms with van der Waals surface area (Å²) in [7, 11) is 1.82. The lowest BCUT2D eigenvalue weighted by molar-refractivity contribution is 0.0951. The van der Waals surface area contributed by atoms with Crippen LogP contribution in [0.2, 0.25) is 0 Å². The van der Waals surface area contributed by atoms with Gasteiger partial charge in [-0.05, 0) is 30.3 Å². The van der Waals surface area contributed by atoms with E-state index < -0.39 is 9.84 Å². The maximum absolute atomic E-state index is 12.3. The highest BCUT2D eigenvalue weighted by molar-refractivity contribution is 7.91. The summed E-state index contributed by atoms with van der Waals surface area (Å²) < 4.78 is 29.0. The van der Waals surface area contributed by atoms with Gasteiger partial charge in [0.05, 0.1) is 17.3 Å². The van der Waals surface area contributed by atoms with E-state index in [0.29, 0.717) is 12.1 Å². The van der Waals surface area contributed by atoms with E-state index >= 15 is 0 Å². The Hall–Kier alpha value is -2.45. The van der Waals surface area contributed by atoms with Crippen LogP contribution in [0.4, 0.5) is 5.82 Å². The van der Waals surface area contributed by atoms with Crippen molar-refractivity contribution in [1.82, 2.24) is 10.3 Å². The third-order valence-corrected chi connectivity index (χ3v) is 5.46. The van der Waals surface area contributed by atoms with Gasteiger partial charge in [0.15, 0.2) is 9.84 Å². The van der Waals surface area contributed by atoms with E-state index in [0.717, 1.165) is 11.4 Å². The van der Waals surface area contributed by atoms with Crippen molar-refractivity contribution in [2.75, 3.05) is 38.5 Å². The second kappa shape index (κ2) is 8.77. The first-order valence-electron chi connectivity index (χ1n) is 8.06. The average Bonchev–Trinajstić information content (AvgIpc) is 2.64. The van der Waals surface area contributed by atoms with Gasteiger partial charge in [-0.3, -0.25) is 4.79 Å². The Morgan fingerprint density at radius 1 is 1.19 bits per heavy atom. The molecule has 1 aromatic carbocycles. The Kier molecular flexibility index (Phi) is 6.70. The minimum atomic E-state index is -3.41. The standard InChI is InChI=1S/C18H23N3O4S/c1-21(2)17-15(5-4-10-19-17)13-20-18(22)14-6-8-16(9-7-14)26(23,24)12-11-25-3/h4-10H,11-13H2,1-3H3,(H,20,22). The number of carbonyl (C=O) groups is 1. The molecule has 8 heteroatoms. The van der Waals surface area contributed by atoms with E-state index in [1.807, 2.05) is 31.1 Å². The Morgan fingerprint density at radius 3 is 2.50 bits per heavy atom. The fourth-order valence-corrected chi connectivity index (χ4v) is 3.55. The van der Waals surface area contributed by atoms with Gasteiger partial charge in [0.1, 0.15) is 5.82 Å². The lowest BCUT2D eigenvalue weighted by atomic mass is 10.2. The molecule has 1 aromatic heterocycles. The fourth-order valence-electron chi connectivity index (χ4n) is 2.37. The van der Waals surface area contributed by atoms with Crippen LogP contribution < -0.4 is 10.2 Å². The normalized spacial score (nSPS) is 11.2. The molecule has 0 unspecified atom stereocenters. The zero-order valence-electron chi connectivity index (χ0n) is 15.1. The van der Waals surface area contributed by atoms with Crippen molar-refractivity contribution in [3.63, 3.8) is 0 Å². The van der Waals surface area contributed by atoms with E-state index in [-0.39, 0.29) is 23.2 Å². The van der Waals surface area contributed by atoms with Crippen LogP contribution in [0.5, 0.6) is 0 Å². The topological polar surface area (TPSA) is 88.6 Å². The molecule has 0 radical (unpaired) electrons. The lowest BCUT2D eigenvalue weighted by Crippen LogP contribution is -2.24. The zero-order valence-corrected chi connectivity index (χ0v) is 15.9. The van der Waals surface area contributed by atoms with Gasteiger partial charge in [0.25, 0.3) is 5.91 Å². The summed E-state index contributed by atoms with van der Waals surface area (Å²) in [5.41, 5.74) is 1.29. The minimum absolute atomic E-state index is 0.0939. The molecule has 0 atom stereocenters. The third kappa shape index (κ3) is 5.03. The number of hydrogen-bond acceptors (Lipinski definition) is 6. The van der Waals surface area contributed by atoms with Gasteiger partial charge in [0, 0.05) is 45.1 Å². The molecule has 1 N–H and O–H groups in total. The summed E-state index contributed by atoms with van der Waals surface area (Å²) in [5.74, 6) is 0.412. The molecule has 2 aromatic rings. The summed E-state index contributed by atoms with van der Waals surface area (Å²) in [6.45, 7) is 0.456. The number of aromatic nitrogens is 1. The maximum Gasteiger partial charge on any atom is 0.251 e. The van der Waals surface area contributed by atoms with Gasteiger partial charge < -0.3 is 15.0 Å². The number of ether oxygens (including phenoxy) is 1. The van der Waals surface area contributed by atoms with Gasteiger partial charge in [-0.25, -0.2) is 13.4 Å². The molecular formula is C18H23N3O4S. The lowest BCUT2D eigenvalue weighted by Gasteiger charge is -2.16. The number of sulfone groups is 1. The Labute approximate surface area is 153 Å². The van der Waals surface area contributed by atoms with E-state index in [2.05, 4.69) is 10.3 Å². The van der Waals surface area contributed by atoms with Crippen molar-refractivity contribution in [3.8, 4) is 0 Å². The van der Waals surface area contributed by atoms with Crippen LogP contribution in [-0.4, -0.2) is 52.9 Å². The van der Waals surface area contributed by atoms with Crippen LogP contribution >= 0.6 is 0 Å². The highest BCUT2D eigenvalue weighted by atomic mass is 32.2. The van der Waals surface area contributed by atoms with Crippen LogP contribution in [0.15, 0.2) is 47.5 Å². The van der Waals surface area contributed by atoms with Crippen molar-refractivity contribution < 1.29 is 17.9 Å². The quantitative estimate of drug-likeness (QED) is 0.750. The van der Waals surface area contributed by atoms with Gasteiger partial charge in [-0.1, -0.05) is 6.07 Å². The molecule has 0 saturated heterocycles. The molecule has 0 saturated carbocycles. The number of anilines is 1. The maximum atomic E-state index is 12.3. The van der Waals surface area contributed by atoms with Crippen LogP contribution in [-0.2, 0) is 21.1 Å². The first-order valence-corrected chi connectivity index (χ1v) is 9.71. The highest BCUT2D eigenvalue weighted by Gasteiger charge is 2.15. The van der Waals surface area contributed by atoms with Gasteiger partial charge in [-0.2, -0.15) is 0 Å². The molecule has 7 nitrogen and oxygen atoms in total. The SMILES string of the molecule is COCCS(=O)(=O)c1ccc(C(=O)NCc2cccnc2N(C)C)cc1. The van der Waals surface area contributed by atoms with Crippen LogP contribution in [0.3, 0.4) is 0 Å². The van der Waals surface area contributed by atoms with Crippen molar-refractivity contribution in [2.45, 2.75) is 11.4 Å². The Bertz CT molecular complexity index is 849. The molecule has 0 spiro atoms. The summed E-state index contributed by atoms with van der Waals surface area (Å²) in [5, 5.41) is 2.83. The second-order valence-electron chi connectivity index (χ2n) is 5.90. The number of hydrogen-bond donors (Lipinski definition) is 1. The number of benzene rings is 1. The number of pyridine rings is 1. The van der Waals surface area contributed by atoms with Crippen molar-refractivity contribution in [2.24, 2.45) is 0 Å². The molecule has 140 valence electrons. The van der Waals surface area contributed by atoms with E-state index in [1.54, 1.807) is 6.20 Å². The summed E-state index contributed by atoms with van der Waals surface area (Å²) >= 11 is 0. The zero-order chi connectivity index (χ0) is 19.2.